The molecular formula is C28H38O10. The number of carbonyl (C=O) groups is 5. The van der Waals surface area contributed by atoms with Crippen molar-refractivity contribution in [2.45, 2.75) is 104 Å². The Labute approximate surface area is 222 Å². The van der Waals surface area contributed by atoms with E-state index < -0.39 is 76.7 Å². The normalized spacial score (nSPS) is 42.7. The zero-order chi connectivity index (χ0) is 28.5. The molecule has 10 atom stereocenters. The summed E-state index contributed by atoms with van der Waals surface area (Å²) in [5.41, 5.74) is -2.62. The van der Waals surface area contributed by atoms with Gasteiger partial charge in [0, 0.05) is 51.4 Å². The van der Waals surface area contributed by atoms with E-state index in [4.69, 9.17) is 23.7 Å². The van der Waals surface area contributed by atoms with Crippen LogP contribution in [0.2, 0.25) is 0 Å². The summed E-state index contributed by atoms with van der Waals surface area (Å²) in [5.74, 6) is -4.08. The fourth-order valence-corrected chi connectivity index (χ4v) is 7.40. The van der Waals surface area contributed by atoms with E-state index in [-0.39, 0.29) is 17.6 Å². The number of esters is 4. The second-order valence-corrected chi connectivity index (χ2v) is 12.0. The summed E-state index contributed by atoms with van der Waals surface area (Å²) in [7, 11) is 0. The number of hydrogen-bond donors (Lipinski definition) is 0. The molecule has 1 saturated heterocycles. The first-order valence-electron chi connectivity index (χ1n) is 13.1. The molecule has 4 rings (SSSR count). The van der Waals surface area contributed by atoms with Gasteiger partial charge in [-0.2, -0.15) is 0 Å². The zero-order valence-electron chi connectivity index (χ0n) is 23.5. The average molecular weight is 535 g/mol. The summed E-state index contributed by atoms with van der Waals surface area (Å²) in [6.45, 7) is 14.4. The molecule has 0 N–H and O–H groups in total. The third kappa shape index (κ3) is 4.25. The van der Waals surface area contributed by atoms with Gasteiger partial charge in [-0.05, 0) is 30.4 Å². The maximum atomic E-state index is 13.6. The number of Topliss-reactive ketones (excluding diaryl/α,β-unsaturated/α-hetero) is 1. The standard InChI is InChI=1S/C28H38O10/c1-12-10-27-24(33)13(2)11-28(27,38-27)25(37-18(7)32)14(3)22(35-16(5)30)19-20(26(19,8)9)23(36-17(6)31)21(12)34-15(4)29/h10,13-14,19-23,25H,11H2,1-9H3. The molecule has 10 heteroatoms. The predicted octanol–water partition coefficient (Wildman–Crippen LogP) is 2.70. The fraction of sp³-hybridized carbons (Fsp3) is 0.750. The van der Waals surface area contributed by atoms with E-state index in [0.29, 0.717) is 12.0 Å². The molecule has 0 radical (unpaired) electrons. The number of hydrogen-bond acceptors (Lipinski definition) is 10. The molecule has 0 amide bonds. The van der Waals surface area contributed by atoms with Crippen LogP contribution in [-0.4, -0.2) is 65.3 Å². The van der Waals surface area contributed by atoms with Crippen molar-refractivity contribution in [2.24, 2.45) is 29.1 Å². The number of fused-ring (bicyclic) bond motifs is 1. The Morgan fingerprint density at radius 3 is 1.87 bits per heavy atom. The Morgan fingerprint density at radius 2 is 1.34 bits per heavy atom. The van der Waals surface area contributed by atoms with Gasteiger partial charge in [-0.15, -0.1) is 0 Å². The van der Waals surface area contributed by atoms with E-state index in [1.807, 2.05) is 20.8 Å². The molecule has 38 heavy (non-hydrogen) atoms. The largest absolute Gasteiger partial charge is 0.462 e. The topological polar surface area (TPSA) is 135 Å². The summed E-state index contributed by atoms with van der Waals surface area (Å²) >= 11 is 0. The highest BCUT2D eigenvalue weighted by Crippen LogP contribution is 2.69. The third-order valence-corrected chi connectivity index (χ3v) is 8.88. The lowest BCUT2D eigenvalue weighted by atomic mass is 9.79. The van der Waals surface area contributed by atoms with Crippen LogP contribution in [0.3, 0.4) is 0 Å². The SMILES string of the molecule is CC(=O)OC1C(C)=CC23OC2(CC(C)C3=O)C(OC(C)=O)C(C)C(OC(C)=O)C2C(C1OC(C)=O)C2(C)C. The molecule has 3 fully saturated rings. The monoisotopic (exact) mass is 534 g/mol. The van der Waals surface area contributed by atoms with Gasteiger partial charge < -0.3 is 23.7 Å². The molecule has 210 valence electrons. The smallest absolute Gasteiger partial charge is 0.303 e. The lowest BCUT2D eigenvalue weighted by molar-refractivity contribution is -0.169. The van der Waals surface area contributed by atoms with Crippen molar-refractivity contribution >= 4 is 29.7 Å². The maximum absolute atomic E-state index is 13.6. The Kier molecular flexibility index (Phi) is 6.82. The molecule has 10 nitrogen and oxygen atoms in total. The van der Waals surface area contributed by atoms with E-state index in [1.54, 1.807) is 19.9 Å². The van der Waals surface area contributed by atoms with Crippen molar-refractivity contribution in [2.75, 3.05) is 0 Å². The fourth-order valence-electron chi connectivity index (χ4n) is 7.40. The van der Waals surface area contributed by atoms with Gasteiger partial charge in [0.15, 0.2) is 17.5 Å². The minimum Gasteiger partial charge on any atom is -0.462 e. The van der Waals surface area contributed by atoms with Crippen LogP contribution in [0.5, 0.6) is 0 Å². The highest BCUT2D eigenvalue weighted by Gasteiger charge is 2.84. The predicted molar refractivity (Wildman–Crippen MR) is 131 cm³/mol. The van der Waals surface area contributed by atoms with Gasteiger partial charge in [0.1, 0.15) is 23.9 Å². The number of epoxide rings is 1. The number of ketones is 1. The van der Waals surface area contributed by atoms with E-state index in [1.165, 1.54) is 27.7 Å². The molecule has 0 aromatic rings. The van der Waals surface area contributed by atoms with Gasteiger partial charge in [0.25, 0.3) is 0 Å². The van der Waals surface area contributed by atoms with Gasteiger partial charge in [-0.3, -0.25) is 24.0 Å². The van der Waals surface area contributed by atoms with E-state index >= 15 is 0 Å². The van der Waals surface area contributed by atoms with Gasteiger partial charge in [0.2, 0.25) is 0 Å². The second-order valence-electron chi connectivity index (χ2n) is 12.0. The van der Waals surface area contributed by atoms with E-state index in [9.17, 15) is 24.0 Å². The average Bonchev–Trinajstić information content (AvgIpc) is 3.57. The first kappa shape index (κ1) is 28.3. The van der Waals surface area contributed by atoms with Crippen molar-refractivity contribution in [1.29, 1.82) is 0 Å². The zero-order valence-corrected chi connectivity index (χ0v) is 23.5. The van der Waals surface area contributed by atoms with Gasteiger partial charge in [-0.1, -0.05) is 27.7 Å². The first-order chi connectivity index (χ1) is 17.5. The van der Waals surface area contributed by atoms with Crippen LogP contribution in [-0.2, 0) is 47.7 Å². The van der Waals surface area contributed by atoms with Crippen molar-refractivity contribution < 1.29 is 47.7 Å². The maximum Gasteiger partial charge on any atom is 0.303 e. The molecule has 1 heterocycles. The van der Waals surface area contributed by atoms with Crippen molar-refractivity contribution in [3.05, 3.63) is 11.6 Å². The minimum atomic E-state index is -1.42. The van der Waals surface area contributed by atoms with Crippen molar-refractivity contribution in [1.82, 2.24) is 0 Å². The molecule has 0 spiro atoms. The molecule has 1 aliphatic heterocycles. The van der Waals surface area contributed by atoms with Crippen LogP contribution in [0.1, 0.15) is 68.7 Å². The molecule has 4 aliphatic rings. The van der Waals surface area contributed by atoms with Crippen molar-refractivity contribution in [3.8, 4) is 0 Å². The molecular weight excluding hydrogens is 496 g/mol. The Bertz CT molecular complexity index is 1110. The number of carbonyl (C=O) groups excluding carboxylic acids is 5. The lowest BCUT2D eigenvalue weighted by Gasteiger charge is -2.34. The summed E-state index contributed by atoms with van der Waals surface area (Å²) < 4.78 is 29.6. The van der Waals surface area contributed by atoms with Crippen LogP contribution in [0.4, 0.5) is 0 Å². The summed E-state index contributed by atoms with van der Waals surface area (Å²) in [6.07, 6.45) is -1.66. The van der Waals surface area contributed by atoms with Crippen LogP contribution in [0, 0.1) is 29.1 Å². The molecule has 10 unspecified atom stereocenters. The molecule has 3 aliphatic carbocycles. The second kappa shape index (κ2) is 9.17. The van der Waals surface area contributed by atoms with Gasteiger partial charge in [-0.25, -0.2) is 0 Å². The van der Waals surface area contributed by atoms with Crippen LogP contribution >= 0.6 is 0 Å². The van der Waals surface area contributed by atoms with Crippen LogP contribution < -0.4 is 0 Å². The summed E-state index contributed by atoms with van der Waals surface area (Å²) in [5, 5.41) is 0. The van der Waals surface area contributed by atoms with Crippen molar-refractivity contribution in [3.63, 3.8) is 0 Å². The molecule has 0 aromatic heterocycles. The summed E-state index contributed by atoms with van der Waals surface area (Å²) in [4.78, 5) is 62.8. The van der Waals surface area contributed by atoms with Crippen LogP contribution in [0.15, 0.2) is 11.6 Å². The van der Waals surface area contributed by atoms with Crippen LogP contribution in [0.25, 0.3) is 0 Å². The Morgan fingerprint density at radius 1 is 0.842 bits per heavy atom. The molecule has 0 aromatic carbocycles. The highest BCUT2D eigenvalue weighted by atomic mass is 16.7. The van der Waals surface area contributed by atoms with E-state index in [2.05, 4.69) is 0 Å². The molecule has 0 bridgehead atoms. The Hall–Kier alpha value is -2.75. The van der Waals surface area contributed by atoms with Gasteiger partial charge >= 0.3 is 23.9 Å². The Balaban J connectivity index is 1.97. The molecule has 2 saturated carbocycles. The number of rotatable bonds is 4. The first-order valence-corrected chi connectivity index (χ1v) is 13.1. The summed E-state index contributed by atoms with van der Waals surface area (Å²) in [6, 6.07) is 0. The minimum absolute atomic E-state index is 0.180. The van der Waals surface area contributed by atoms with E-state index in [0.717, 1.165) is 0 Å². The third-order valence-electron chi connectivity index (χ3n) is 8.88. The quantitative estimate of drug-likeness (QED) is 0.229. The lowest BCUT2D eigenvalue weighted by Crippen LogP contribution is -2.48. The van der Waals surface area contributed by atoms with Gasteiger partial charge in [0.05, 0.1) is 0 Å². The highest BCUT2D eigenvalue weighted by molar-refractivity contribution is 5.99. The number of ether oxygens (including phenoxy) is 5.